The summed E-state index contributed by atoms with van der Waals surface area (Å²) in [6.07, 6.45) is 0.237. The summed E-state index contributed by atoms with van der Waals surface area (Å²) < 4.78 is 68.3. The van der Waals surface area contributed by atoms with E-state index in [9.17, 15) is 31.9 Å². The minimum absolute atomic E-state index is 0.0687. The number of benzene rings is 3. The normalized spacial score (nSPS) is 10.9. The van der Waals surface area contributed by atoms with Gasteiger partial charge in [-0.25, -0.2) is 31.9 Å². The Labute approximate surface area is 195 Å². The zero-order valence-electron chi connectivity index (χ0n) is 17.8. The molecule has 0 saturated carbocycles. The first-order valence-electron chi connectivity index (χ1n) is 10.2. The van der Waals surface area contributed by atoms with Crippen molar-refractivity contribution in [2.45, 2.75) is 13.0 Å². The van der Waals surface area contributed by atoms with Crippen LogP contribution in [0, 0.1) is 29.1 Å². The molecule has 4 rings (SSSR count). The molecule has 1 heterocycles. The van der Waals surface area contributed by atoms with E-state index in [1.54, 1.807) is 54.6 Å². The van der Waals surface area contributed by atoms with Crippen LogP contribution in [0.4, 0.5) is 27.8 Å². The van der Waals surface area contributed by atoms with Gasteiger partial charge in [0, 0.05) is 16.7 Å². The second-order valence-corrected chi connectivity index (χ2v) is 7.45. The highest BCUT2D eigenvalue weighted by Gasteiger charge is 2.27. The Morgan fingerprint density at radius 3 is 2.00 bits per heavy atom. The summed E-state index contributed by atoms with van der Waals surface area (Å²) in [5.41, 5.74) is 1.33. The number of carbonyl (C=O) groups excluding carboxylic acids is 1. The van der Waals surface area contributed by atoms with Gasteiger partial charge in [0.1, 0.15) is 5.69 Å². The number of aromatic nitrogens is 2. The minimum Gasteiger partial charge on any atom is -0.392 e. The monoisotopic (exact) mass is 485 g/mol. The number of anilines is 1. The molecule has 0 aliphatic carbocycles. The number of hydrogen-bond donors (Lipinski definition) is 2. The third-order valence-corrected chi connectivity index (χ3v) is 5.15. The quantitative estimate of drug-likeness (QED) is 0.224. The SMILES string of the molecule is O=C(Cc1c(F)c(F)c(F)c(F)c1F)Nc1ncc(-c2ccc(CO)cc2)nc1-c1ccccc1. The highest BCUT2D eigenvalue weighted by molar-refractivity contribution is 5.94. The van der Waals surface area contributed by atoms with E-state index in [0.29, 0.717) is 22.4 Å². The number of carbonyl (C=O) groups is 1. The molecule has 2 N–H and O–H groups in total. The molecule has 0 spiro atoms. The van der Waals surface area contributed by atoms with Crippen molar-refractivity contribution in [3.63, 3.8) is 0 Å². The van der Waals surface area contributed by atoms with Crippen molar-refractivity contribution in [3.8, 4) is 22.5 Å². The summed E-state index contributed by atoms with van der Waals surface area (Å²) in [5.74, 6) is -11.8. The van der Waals surface area contributed by atoms with Crippen molar-refractivity contribution in [2.75, 3.05) is 5.32 Å². The average Bonchev–Trinajstić information content (AvgIpc) is 2.89. The van der Waals surface area contributed by atoms with E-state index in [2.05, 4.69) is 15.3 Å². The first kappa shape index (κ1) is 24.0. The summed E-state index contributed by atoms with van der Waals surface area (Å²) >= 11 is 0. The fourth-order valence-corrected chi connectivity index (χ4v) is 3.34. The highest BCUT2D eigenvalue weighted by Crippen LogP contribution is 2.29. The number of halogens is 5. The van der Waals surface area contributed by atoms with Gasteiger partial charge in [0.25, 0.3) is 0 Å². The van der Waals surface area contributed by atoms with Crippen molar-refractivity contribution in [1.82, 2.24) is 9.97 Å². The van der Waals surface area contributed by atoms with Crippen molar-refractivity contribution in [1.29, 1.82) is 0 Å². The smallest absolute Gasteiger partial charge is 0.230 e. The molecule has 0 bridgehead atoms. The van der Waals surface area contributed by atoms with Gasteiger partial charge in [0.2, 0.25) is 11.7 Å². The van der Waals surface area contributed by atoms with E-state index < -0.39 is 47.0 Å². The molecule has 0 aliphatic rings. The molecule has 1 amide bonds. The second-order valence-electron chi connectivity index (χ2n) is 7.45. The Kier molecular flexibility index (Phi) is 6.83. The van der Waals surface area contributed by atoms with Crippen LogP contribution in [-0.4, -0.2) is 21.0 Å². The molecule has 3 aromatic carbocycles. The predicted octanol–water partition coefficient (Wildman–Crippen LogP) is 5.18. The maximum absolute atomic E-state index is 14.0. The molecular formula is C25H16F5N3O2. The number of hydrogen-bond acceptors (Lipinski definition) is 4. The first-order valence-corrected chi connectivity index (χ1v) is 10.2. The maximum Gasteiger partial charge on any atom is 0.230 e. The summed E-state index contributed by atoms with van der Waals surface area (Å²) in [6, 6.07) is 15.5. The van der Waals surface area contributed by atoms with Crippen LogP contribution in [0.5, 0.6) is 0 Å². The Morgan fingerprint density at radius 2 is 1.40 bits per heavy atom. The van der Waals surface area contributed by atoms with Gasteiger partial charge in [-0.05, 0) is 5.56 Å². The zero-order chi connectivity index (χ0) is 25.1. The lowest BCUT2D eigenvalue weighted by Crippen LogP contribution is -2.19. The molecule has 0 aliphatic heterocycles. The molecule has 0 unspecified atom stereocenters. The van der Waals surface area contributed by atoms with Crippen LogP contribution in [0.3, 0.4) is 0 Å². The molecule has 0 fully saturated rings. The van der Waals surface area contributed by atoms with Gasteiger partial charge in [0.15, 0.2) is 29.1 Å². The number of amides is 1. The van der Waals surface area contributed by atoms with Crippen LogP contribution in [0.2, 0.25) is 0 Å². The van der Waals surface area contributed by atoms with Gasteiger partial charge in [-0.1, -0.05) is 54.6 Å². The van der Waals surface area contributed by atoms with E-state index in [4.69, 9.17) is 0 Å². The summed E-state index contributed by atoms with van der Waals surface area (Å²) in [4.78, 5) is 21.3. The number of aliphatic hydroxyl groups excluding tert-OH is 1. The lowest BCUT2D eigenvalue weighted by molar-refractivity contribution is -0.115. The highest BCUT2D eigenvalue weighted by atomic mass is 19.2. The number of aliphatic hydroxyl groups is 1. The number of nitrogens with zero attached hydrogens (tertiary/aromatic N) is 2. The number of rotatable bonds is 6. The van der Waals surface area contributed by atoms with Gasteiger partial charge in [0.05, 0.1) is 24.9 Å². The van der Waals surface area contributed by atoms with Gasteiger partial charge in [-0.2, -0.15) is 0 Å². The summed E-state index contributed by atoms with van der Waals surface area (Å²) in [7, 11) is 0. The summed E-state index contributed by atoms with van der Waals surface area (Å²) in [5, 5.41) is 11.6. The molecule has 35 heavy (non-hydrogen) atoms. The molecule has 0 radical (unpaired) electrons. The van der Waals surface area contributed by atoms with Crippen LogP contribution in [0.15, 0.2) is 60.8 Å². The number of nitrogens with one attached hydrogen (secondary N) is 1. The predicted molar refractivity (Wildman–Crippen MR) is 117 cm³/mol. The average molecular weight is 485 g/mol. The fourth-order valence-electron chi connectivity index (χ4n) is 3.34. The van der Waals surface area contributed by atoms with Gasteiger partial charge < -0.3 is 10.4 Å². The molecule has 10 heteroatoms. The Hall–Kier alpha value is -4.18. The molecule has 4 aromatic rings. The van der Waals surface area contributed by atoms with Crippen molar-refractivity contribution < 1.29 is 31.9 Å². The Balaban J connectivity index is 1.68. The van der Waals surface area contributed by atoms with Crippen molar-refractivity contribution in [2.24, 2.45) is 0 Å². The Bertz CT molecular complexity index is 1370. The van der Waals surface area contributed by atoms with Crippen LogP contribution >= 0.6 is 0 Å². The van der Waals surface area contributed by atoms with Gasteiger partial charge in [-0.3, -0.25) is 4.79 Å². The van der Waals surface area contributed by atoms with E-state index in [1.165, 1.54) is 6.20 Å². The van der Waals surface area contributed by atoms with Crippen LogP contribution in [0.1, 0.15) is 11.1 Å². The molecule has 5 nitrogen and oxygen atoms in total. The third-order valence-electron chi connectivity index (χ3n) is 5.15. The topological polar surface area (TPSA) is 75.1 Å². The maximum atomic E-state index is 14.0. The second kappa shape index (κ2) is 9.98. The minimum atomic E-state index is -2.30. The van der Waals surface area contributed by atoms with E-state index >= 15 is 0 Å². The molecule has 1 aromatic heterocycles. The Morgan fingerprint density at radius 1 is 0.800 bits per heavy atom. The van der Waals surface area contributed by atoms with Crippen LogP contribution < -0.4 is 5.32 Å². The molecular weight excluding hydrogens is 469 g/mol. The van der Waals surface area contributed by atoms with E-state index in [1.807, 2.05) is 0 Å². The van der Waals surface area contributed by atoms with Crippen LogP contribution in [0.25, 0.3) is 22.5 Å². The molecule has 0 atom stereocenters. The van der Waals surface area contributed by atoms with Gasteiger partial charge >= 0.3 is 0 Å². The molecule has 178 valence electrons. The van der Waals surface area contributed by atoms with Crippen molar-refractivity contribution in [3.05, 3.63) is 101 Å². The summed E-state index contributed by atoms with van der Waals surface area (Å²) in [6.45, 7) is -0.130. The third kappa shape index (κ3) is 4.87. The largest absolute Gasteiger partial charge is 0.392 e. The molecule has 0 saturated heterocycles. The standard InChI is InChI=1S/C25H16F5N3O2/c26-19-16(20(27)22(29)23(30)21(19)28)10-18(35)33-25-24(15-4-2-1-3-5-15)32-17(11-31-25)14-8-6-13(12-34)7-9-14/h1-9,11,34H,10,12H2,(H,31,33,35). The first-order chi connectivity index (χ1) is 16.8. The zero-order valence-corrected chi connectivity index (χ0v) is 17.8. The van der Waals surface area contributed by atoms with E-state index in [0.717, 1.165) is 0 Å². The lowest BCUT2D eigenvalue weighted by atomic mass is 10.1. The lowest BCUT2D eigenvalue weighted by Gasteiger charge is -2.13. The fraction of sp³-hybridized carbons (Fsp3) is 0.0800. The van der Waals surface area contributed by atoms with E-state index in [-0.39, 0.29) is 18.1 Å². The van der Waals surface area contributed by atoms with Crippen molar-refractivity contribution >= 4 is 11.7 Å². The van der Waals surface area contributed by atoms with Gasteiger partial charge in [-0.15, -0.1) is 0 Å². The van der Waals surface area contributed by atoms with Crippen LogP contribution in [-0.2, 0) is 17.8 Å².